The minimum absolute atomic E-state index is 0.112. The quantitative estimate of drug-likeness (QED) is 0.690. The first-order valence-electron chi connectivity index (χ1n) is 5.89. The van der Waals surface area contributed by atoms with Gasteiger partial charge in [0.15, 0.2) is 0 Å². The molecule has 2 N–H and O–H groups in total. The molecule has 0 saturated heterocycles. The van der Waals surface area contributed by atoms with Crippen molar-refractivity contribution in [3.05, 3.63) is 29.8 Å². The van der Waals surface area contributed by atoms with Gasteiger partial charge in [0.25, 0.3) is 0 Å². The molecule has 2 aromatic heterocycles. The smallest absolute Gasteiger partial charge is 0.224 e. The topological polar surface area (TPSA) is 61.8 Å². The number of nitrogens with zero attached hydrogens (tertiary/aromatic N) is 2. The SMILES string of the molecule is Oc1ncnc2[nH]c3c(C4CC4)cc(F)cc3c12. The minimum atomic E-state index is -0.284. The van der Waals surface area contributed by atoms with E-state index in [4.69, 9.17) is 0 Å². The number of rotatable bonds is 1. The molecule has 0 spiro atoms. The van der Waals surface area contributed by atoms with E-state index in [1.165, 1.54) is 12.4 Å². The first-order valence-corrected chi connectivity index (χ1v) is 5.89. The van der Waals surface area contributed by atoms with E-state index in [-0.39, 0.29) is 11.7 Å². The van der Waals surface area contributed by atoms with Crippen LogP contribution in [-0.2, 0) is 0 Å². The van der Waals surface area contributed by atoms with Crippen LogP contribution >= 0.6 is 0 Å². The maximum Gasteiger partial charge on any atom is 0.224 e. The lowest BCUT2D eigenvalue weighted by atomic mass is 10.1. The first kappa shape index (κ1) is 9.82. The molecular weight excluding hydrogens is 233 g/mol. The third kappa shape index (κ3) is 1.24. The number of aromatic nitrogens is 3. The Labute approximate surface area is 101 Å². The first-order chi connectivity index (χ1) is 8.74. The van der Waals surface area contributed by atoms with E-state index < -0.39 is 0 Å². The summed E-state index contributed by atoms with van der Waals surface area (Å²) in [6.07, 6.45) is 3.47. The number of aromatic amines is 1. The normalized spacial score (nSPS) is 15.6. The molecule has 5 heteroatoms. The average Bonchev–Trinajstić information content (AvgIpc) is 3.10. The standard InChI is InChI=1S/C13H10FN3O/c14-7-3-8(6-1-2-6)11-9(4-7)10-12(17-11)15-5-16-13(10)18/h3-6H,1-2H2,(H2,15,16,17,18). The van der Waals surface area contributed by atoms with Crippen LogP contribution < -0.4 is 0 Å². The van der Waals surface area contributed by atoms with Crippen molar-refractivity contribution in [2.24, 2.45) is 0 Å². The largest absolute Gasteiger partial charge is 0.493 e. The molecule has 3 aromatic rings. The summed E-state index contributed by atoms with van der Waals surface area (Å²) < 4.78 is 13.7. The van der Waals surface area contributed by atoms with Gasteiger partial charge in [0, 0.05) is 5.39 Å². The second kappa shape index (κ2) is 3.19. The number of halogens is 1. The molecule has 0 amide bonds. The van der Waals surface area contributed by atoms with Gasteiger partial charge in [-0.3, -0.25) is 0 Å². The third-order valence-corrected chi connectivity index (χ3v) is 3.49. The summed E-state index contributed by atoms with van der Waals surface area (Å²) in [5.74, 6) is 0.0264. The zero-order valence-corrected chi connectivity index (χ0v) is 9.44. The Bertz CT molecular complexity index is 777. The van der Waals surface area contributed by atoms with Crippen molar-refractivity contribution < 1.29 is 9.50 Å². The van der Waals surface area contributed by atoms with Gasteiger partial charge >= 0.3 is 0 Å². The highest BCUT2D eigenvalue weighted by atomic mass is 19.1. The van der Waals surface area contributed by atoms with Gasteiger partial charge in [-0.05, 0) is 36.5 Å². The lowest BCUT2D eigenvalue weighted by Crippen LogP contribution is -1.85. The van der Waals surface area contributed by atoms with E-state index in [1.54, 1.807) is 6.07 Å². The number of hydrogen-bond acceptors (Lipinski definition) is 3. The van der Waals surface area contributed by atoms with Gasteiger partial charge in [0.1, 0.15) is 17.8 Å². The van der Waals surface area contributed by atoms with Gasteiger partial charge in [-0.25, -0.2) is 14.4 Å². The molecule has 90 valence electrons. The highest BCUT2D eigenvalue weighted by Crippen LogP contribution is 2.44. The highest BCUT2D eigenvalue weighted by Gasteiger charge is 2.27. The fourth-order valence-corrected chi connectivity index (χ4v) is 2.52. The van der Waals surface area contributed by atoms with Crippen LogP contribution in [0.15, 0.2) is 18.5 Å². The minimum Gasteiger partial charge on any atom is -0.493 e. The van der Waals surface area contributed by atoms with Gasteiger partial charge in [-0.15, -0.1) is 0 Å². The fourth-order valence-electron chi connectivity index (χ4n) is 2.52. The number of fused-ring (bicyclic) bond motifs is 3. The summed E-state index contributed by atoms with van der Waals surface area (Å²) in [5.41, 5.74) is 2.39. The van der Waals surface area contributed by atoms with Crippen molar-refractivity contribution in [2.45, 2.75) is 18.8 Å². The Balaban J connectivity index is 2.21. The highest BCUT2D eigenvalue weighted by molar-refractivity contribution is 6.09. The van der Waals surface area contributed by atoms with Crippen molar-refractivity contribution in [1.82, 2.24) is 15.0 Å². The van der Waals surface area contributed by atoms with E-state index in [9.17, 15) is 9.50 Å². The predicted molar refractivity (Wildman–Crippen MR) is 65.0 cm³/mol. The van der Waals surface area contributed by atoms with E-state index in [0.29, 0.717) is 22.3 Å². The summed E-state index contributed by atoms with van der Waals surface area (Å²) in [7, 11) is 0. The van der Waals surface area contributed by atoms with Crippen molar-refractivity contribution in [3.63, 3.8) is 0 Å². The molecule has 2 heterocycles. The van der Waals surface area contributed by atoms with Crippen LogP contribution in [-0.4, -0.2) is 20.1 Å². The molecule has 1 aromatic carbocycles. The van der Waals surface area contributed by atoms with Crippen molar-refractivity contribution in [1.29, 1.82) is 0 Å². The van der Waals surface area contributed by atoms with Crippen LogP contribution in [0.3, 0.4) is 0 Å². The second-order valence-electron chi connectivity index (χ2n) is 4.74. The van der Waals surface area contributed by atoms with Crippen LogP contribution in [0.4, 0.5) is 4.39 Å². The zero-order chi connectivity index (χ0) is 12.3. The maximum absolute atomic E-state index is 13.7. The molecule has 1 aliphatic rings. The summed E-state index contributed by atoms with van der Waals surface area (Å²) >= 11 is 0. The Morgan fingerprint density at radius 1 is 1.28 bits per heavy atom. The van der Waals surface area contributed by atoms with Crippen LogP contribution in [0.25, 0.3) is 21.9 Å². The van der Waals surface area contributed by atoms with E-state index in [0.717, 1.165) is 23.9 Å². The monoisotopic (exact) mass is 243 g/mol. The molecule has 0 atom stereocenters. The summed E-state index contributed by atoms with van der Waals surface area (Å²) in [6, 6.07) is 2.99. The molecule has 0 aliphatic heterocycles. The Morgan fingerprint density at radius 3 is 2.89 bits per heavy atom. The molecular formula is C13H10FN3O. The Kier molecular flexibility index (Phi) is 1.74. The lowest BCUT2D eigenvalue weighted by Gasteiger charge is -2.01. The van der Waals surface area contributed by atoms with Crippen molar-refractivity contribution >= 4 is 21.9 Å². The fraction of sp³-hybridized carbons (Fsp3) is 0.231. The van der Waals surface area contributed by atoms with E-state index >= 15 is 0 Å². The second-order valence-corrected chi connectivity index (χ2v) is 4.74. The number of aromatic hydroxyl groups is 1. The summed E-state index contributed by atoms with van der Waals surface area (Å²) in [5, 5.41) is 11.0. The number of H-pyrrole nitrogens is 1. The van der Waals surface area contributed by atoms with Gasteiger partial charge in [0.05, 0.1) is 10.9 Å². The van der Waals surface area contributed by atoms with Gasteiger partial charge in [0.2, 0.25) is 5.88 Å². The maximum atomic E-state index is 13.7. The molecule has 1 fully saturated rings. The average molecular weight is 243 g/mol. The van der Waals surface area contributed by atoms with Crippen LogP contribution in [0.1, 0.15) is 24.3 Å². The number of nitrogens with one attached hydrogen (secondary N) is 1. The third-order valence-electron chi connectivity index (χ3n) is 3.49. The van der Waals surface area contributed by atoms with E-state index in [1.807, 2.05) is 0 Å². The molecule has 4 nitrogen and oxygen atoms in total. The number of benzene rings is 1. The van der Waals surface area contributed by atoms with E-state index in [2.05, 4.69) is 15.0 Å². The molecule has 0 radical (unpaired) electrons. The molecule has 0 bridgehead atoms. The summed E-state index contributed by atoms with van der Waals surface area (Å²) in [6.45, 7) is 0. The Hall–Kier alpha value is -2.17. The number of hydrogen-bond donors (Lipinski definition) is 2. The molecule has 1 aliphatic carbocycles. The molecule has 0 unspecified atom stereocenters. The van der Waals surface area contributed by atoms with Gasteiger partial charge in [-0.2, -0.15) is 0 Å². The molecule has 4 rings (SSSR count). The predicted octanol–water partition coefficient (Wildman–Crippen LogP) is 2.83. The van der Waals surface area contributed by atoms with Crippen molar-refractivity contribution in [2.75, 3.05) is 0 Å². The van der Waals surface area contributed by atoms with Crippen LogP contribution in [0.5, 0.6) is 5.88 Å². The lowest BCUT2D eigenvalue weighted by molar-refractivity contribution is 0.459. The van der Waals surface area contributed by atoms with Gasteiger partial charge in [-0.1, -0.05) is 0 Å². The van der Waals surface area contributed by atoms with Crippen LogP contribution in [0, 0.1) is 5.82 Å². The van der Waals surface area contributed by atoms with Gasteiger partial charge < -0.3 is 10.1 Å². The van der Waals surface area contributed by atoms with Crippen LogP contribution in [0.2, 0.25) is 0 Å². The summed E-state index contributed by atoms with van der Waals surface area (Å²) in [4.78, 5) is 11.0. The van der Waals surface area contributed by atoms with Crippen molar-refractivity contribution in [3.8, 4) is 5.88 Å². The zero-order valence-electron chi connectivity index (χ0n) is 9.44. The molecule has 18 heavy (non-hydrogen) atoms. The Morgan fingerprint density at radius 2 is 2.11 bits per heavy atom. The molecule has 1 saturated carbocycles.